The summed E-state index contributed by atoms with van der Waals surface area (Å²) >= 11 is 0. The molecule has 0 spiro atoms. The van der Waals surface area contributed by atoms with Crippen molar-refractivity contribution in [3.8, 4) is 0 Å². The number of benzene rings is 2. The summed E-state index contributed by atoms with van der Waals surface area (Å²) in [5, 5.41) is 0. The van der Waals surface area contributed by atoms with Gasteiger partial charge in [0.15, 0.2) is 0 Å². The molecule has 3 rings (SSSR count). The minimum absolute atomic E-state index is 0.0924. The summed E-state index contributed by atoms with van der Waals surface area (Å²) < 4.78 is 27.4. The minimum Gasteiger partial charge on any atom is -0.312 e. The second-order valence-electron chi connectivity index (χ2n) is 6.63. The van der Waals surface area contributed by atoms with Crippen LogP contribution in [0.2, 0.25) is 0 Å². The van der Waals surface area contributed by atoms with Crippen LogP contribution in [0, 0.1) is 6.92 Å². The summed E-state index contributed by atoms with van der Waals surface area (Å²) in [5.41, 5.74) is 3.17. The van der Waals surface area contributed by atoms with Crippen molar-refractivity contribution in [3.05, 3.63) is 59.7 Å². The van der Waals surface area contributed by atoms with Gasteiger partial charge in [0.05, 0.1) is 4.90 Å². The number of sulfonamides is 1. The van der Waals surface area contributed by atoms with Crippen LogP contribution in [0.1, 0.15) is 30.4 Å². The van der Waals surface area contributed by atoms with E-state index in [9.17, 15) is 13.2 Å². The van der Waals surface area contributed by atoms with Gasteiger partial charge in [-0.15, -0.1) is 0 Å². The number of aryl methyl sites for hydroxylation is 2. The summed E-state index contributed by atoms with van der Waals surface area (Å²) in [6.07, 6.45) is 2.98. The van der Waals surface area contributed by atoms with Crippen LogP contribution in [-0.4, -0.2) is 27.4 Å². The van der Waals surface area contributed by atoms with Crippen LogP contribution in [0.5, 0.6) is 0 Å². The first-order valence-electron chi connectivity index (χ1n) is 8.91. The van der Waals surface area contributed by atoms with Gasteiger partial charge in [-0.25, -0.2) is 13.1 Å². The molecule has 6 heteroatoms. The quantitative estimate of drug-likeness (QED) is 0.760. The Bertz CT molecular complexity index is 859. The van der Waals surface area contributed by atoms with Crippen LogP contribution in [0.3, 0.4) is 0 Å². The molecule has 1 aliphatic heterocycles. The molecule has 1 aliphatic rings. The number of amides is 1. The monoisotopic (exact) mass is 372 g/mol. The van der Waals surface area contributed by atoms with E-state index in [2.05, 4.69) is 29.0 Å². The Hall–Kier alpha value is -2.18. The fourth-order valence-electron chi connectivity index (χ4n) is 3.06. The van der Waals surface area contributed by atoms with Crippen molar-refractivity contribution >= 4 is 21.6 Å². The van der Waals surface area contributed by atoms with Crippen LogP contribution in [-0.2, 0) is 21.2 Å². The first-order chi connectivity index (χ1) is 12.5. The highest BCUT2D eigenvalue weighted by Crippen LogP contribution is 2.22. The molecule has 1 amide bonds. The molecule has 2 aromatic rings. The second kappa shape index (κ2) is 8.01. The third kappa shape index (κ3) is 4.51. The van der Waals surface area contributed by atoms with E-state index in [1.165, 1.54) is 11.1 Å². The maximum atomic E-state index is 12.4. The predicted octanol–water partition coefficient (Wildman–Crippen LogP) is 3.03. The maximum Gasteiger partial charge on any atom is 0.240 e. The first kappa shape index (κ1) is 18.6. The largest absolute Gasteiger partial charge is 0.312 e. The summed E-state index contributed by atoms with van der Waals surface area (Å²) in [6.45, 7) is 3.13. The number of carbonyl (C=O) groups is 1. The van der Waals surface area contributed by atoms with Crippen LogP contribution in [0.15, 0.2) is 53.4 Å². The number of rotatable bonds is 7. The molecule has 5 nitrogen and oxygen atoms in total. The molecule has 138 valence electrons. The molecule has 26 heavy (non-hydrogen) atoms. The first-order valence-corrected chi connectivity index (χ1v) is 10.4. The van der Waals surface area contributed by atoms with Crippen molar-refractivity contribution in [2.24, 2.45) is 0 Å². The van der Waals surface area contributed by atoms with Crippen molar-refractivity contribution in [2.45, 2.75) is 37.5 Å². The van der Waals surface area contributed by atoms with Gasteiger partial charge >= 0.3 is 0 Å². The van der Waals surface area contributed by atoms with E-state index in [0.29, 0.717) is 19.5 Å². The fourth-order valence-corrected chi connectivity index (χ4v) is 4.14. The van der Waals surface area contributed by atoms with E-state index in [-0.39, 0.29) is 10.8 Å². The summed E-state index contributed by atoms with van der Waals surface area (Å²) in [7, 11) is -3.53. The van der Waals surface area contributed by atoms with Crippen LogP contribution < -0.4 is 9.62 Å². The number of carbonyl (C=O) groups excluding carboxylic acids is 1. The normalized spacial score (nSPS) is 14.8. The SMILES string of the molecule is Cc1ccc(CCCNS(=O)(=O)c2ccc(N3CCCC3=O)cc2)cc1. The fraction of sp³-hybridized carbons (Fsp3) is 0.350. The Kier molecular flexibility index (Phi) is 5.74. The molecule has 1 heterocycles. The van der Waals surface area contributed by atoms with Gasteiger partial charge in [0.1, 0.15) is 0 Å². The lowest BCUT2D eigenvalue weighted by molar-refractivity contribution is -0.117. The average Bonchev–Trinajstić information content (AvgIpc) is 3.06. The zero-order valence-corrected chi connectivity index (χ0v) is 15.8. The Morgan fingerprint density at radius 3 is 2.35 bits per heavy atom. The molecule has 0 aliphatic carbocycles. The highest BCUT2D eigenvalue weighted by atomic mass is 32.2. The maximum absolute atomic E-state index is 12.4. The molecule has 1 saturated heterocycles. The van der Waals surface area contributed by atoms with Gasteiger partial charge in [-0.1, -0.05) is 29.8 Å². The summed E-state index contributed by atoms with van der Waals surface area (Å²) in [5.74, 6) is 0.0924. The number of nitrogens with zero attached hydrogens (tertiary/aromatic N) is 1. The van der Waals surface area contributed by atoms with Crippen molar-refractivity contribution in [1.82, 2.24) is 4.72 Å². The highest BCUT2D eigenvalue weighted by molar-refractivity contribution is 7.89. The van der Waals surface area contributed by atoms with E-state index in [4.69, 9.17) is 0 Å². The van der Waals surface area contributed by atoms with E-state index < -0.39 is 10.0 Å². The molecule has 0 bridgehead atoms. The Morgan fingerprint density at radius 2 is 1.73 bits per heavy atom. The van der Waals surface area contributed by atoms with Gasteiger partial charge in [0, 0.05) is 25.2 Å². The molecule has 1 N–H and O–H groups in total. The molecular weight excluding hydrogens is 348 g/mol. The smallest absolute Gasteiger partial charge is 0.240 e. The summed E-state index contributed by atoms with van der Waals surface area (Å²) in [4.78, 5) is 13.7. The van der Waals surface area contributed by atoms with E-state index in [0.717, 1.165) is 24.9 Å². The van der Waals surface area contributed by atoms with Gasteiger partial charge in [0.2, 0.25) is 15.9 Å². The molecule has 0 aromatic heterocycles. The number of anilines is 1. The van der Waals surface area contributed by atoms with Gasteiger partial charge in [-0.3, -0.25) is 4.79 Å². The Balaban J connectivity index is 1.54. The van der Waals surface area contributed by atoms with Crippen molar-refractivity contribution in [2.75, 3.05) is 18.0 Å². The zero-order chi connectivity index (χ0) is 18.6. The molecule has 0 saturated carbocycles. The van der Waals surface area contributed by atoms with Gasteiger partial charge in [-0.2, -0.15) is 0 Å². The second-order valence-corrected chi connectivity index (χ2v) is 8.40. The standard InChI is InChI=1S/C20H24N2O3S/c1-16-6-8-17(9-7-16)4-2-14-21-26(24,25)19-12-10-18(11-13-19)22-15-3-5-20(22)23/h6-13,21H,2-5,14-15H2,1H3. The van der Waals surface area contributed by atoms with Crippen molar-refractivity contribution in [3.63, 3.8) is 0 Å². The van der Waals surface area contributed by atoms with E-state index >= 15 is 0 Å². The topological polar surface area (TPSA) is 66.5 Å². The van der Waals surface area contributed by atoms with E-state index in [1.807, 2.05) is 6.92 Å². The lowest BCUT2D eigenvalue weighted by atomic mass is 10.1. The molecule has 1 fully saturated rings. The summed E-state index contributed by atoms with van der Waals surface area (Å²) in [6, 6.07) is 14.8. The van der Waals surface area contributed by atoms with E-state index in [1.54, 1.807) is 29.2 Å². The van der Waals surface area contributed by atoms with Gasteiger partial charge in [-0.05, 0) is 56.0 Å². The van der Waals surface area contributed by atoms with Crippen molar-refractivity contribution in [1.29, 1.82) is 0 Å². The zero-order valence-electron chi connectivity index (χ0n) is 14.9. The Morgan fingerprint density at radius 1 is 1.04 bits per heavy atom. The van der Waals surface area contributed by atoms with Crippen LogP contribution >= 0.6 is 0 Å². The number of hydrogen-bond donors (Lipinski definition) is 1. The highest BCUT2D eigenvalue weighted by Gasteiger charge is 2.22. The lowest BCUT2D eigenvalue weighted by Crippen LogP contribution is -2.26. The molecule has 0 radical (unpaired) electrons. The minimum atomic E-state index is -3.53. The molecule has 0 atom stereocenters. The van der Waals surface area contributed by atoms with Gasteiger partial charge in [0.25, 0.3) is 0 Å². The molecule has 2 aromatic carbocycles. The van der Waals surface area contributed by atoms with Crippen LogP contribution in [0.4, 0.5) is 5.69 Å². The third-order valence-electron chi connectivity index (χ3n) is 4.59. The van der Waals surface area contributed by atoms with Crippen LogP contribution in [0.25, 0.3) is 0 Å². The van der Waals surface area contributed by atoms with Crippen molar-refractivity contribution < 1.29 is 13.2 Å². The Labute approximate surface area is 155 Å². The molecular formula is C20H24N2O3S. The lowest BCUT2D eigenvalue weighted by Gasteiger charge is -2.16. The van der Waals surface area contributed by atoms with Gasteiger partial charge < -0.3 is 4.90 Å². The molecule has 0 unspecified atom stereocenters. The third-order valence-corrected chi connectivity index (χ3v) is 6.06. The number of hydrogen-bond acceptors (Lipinski definition) is 3. The average molecular weight is 372 g/mol. The number of nitrogens with one attached hydrogen (secondary N) is 1. The predicted molar refractivity (Wildman–Crippen MR) is 103 cm³/mol.